The van der Waals surface area contributed by atoms with Gasteiger partial charge in [0.15, 0.2) is 5.78 Å². The monoisotopic (exact) mass is 235 g/mol. The number of Topliss-reactive ketones (excluding diaryl/α,β-unsaturated/α-hetero) is 1. The third-order valence-electron chi connectivity index (χ3n) is 3.64. The standard InChI is InChI=1S/C15H9NO2/c17-14-11-7-3-4-8-12(11)16-13(14)9-5-1-2-6-10(9)15(16)18/h1-8,13H. The van der Waals surface area contributed by atoms with Crippen LogP contribution in [0.15, 0.2) is 48.5 Å². The number of hydrogen-bond donors (Lipinski definition) is 0. The Morgan fingerprint density at radius 3 is 2.33 bits per heavy atom. The Bertz CT molecular complexity index is 644. The molecule has 2 aromatic rings. The summed E-state index contributed by atoms with van der Waals surface area (Å²) in [6.07, 6.45) is 0. The first-order valence-corrected chi connectivity index (χ1v) is 5.85. The Hall–Kier alpha value is -2.42. The van der Waals surface area contributed by atoms with Gasteiger partial charge in [0.25, 0.3) is 5.91 Å². The van der Waals surface area contributed by atoms with E-state index in [1.807, 2.05) is 36.4 Å². The van der Waals surface area contributed by atoms with Gasteiger partial charge in [-0.1, -0.05) is 30.3 Å². The third-order valence-corrected chi connectivity index (χ3v) is 3.64. The van der Waals surface area contributed by atoms with Crippen LogP contribution in [0.5, 0.6) is 0 Å². The lowest BCUT2D eigenvalue weighted by Crippen LogP contribution is -2.25. The SMILES string of the molecule is O=C1c2ccccc2N2C(=O)c3ccccc3C12. The van der Waals surface area contributed by atoms with E-state index in [-0.39, 0.29) is 11.7 Å². The number of carbonyl (C=O) groups is 2. The molecule has 2 aliphatic rings. The number of ketones is 1. The van der Waals surface area contributed by atoms with Gasteiger partial charge in [-0.05, 0) is 23.8 Å². The van der Waals surface area contributed by atoms with Crippen LogP contribution in [-0.2, 0) is 0 Å². The van der Waals surface area contributed by atoms with Gasteiger partial charge in [0.1, 0.15) is 6.04 Å². The molecule has 0 radical (unpaired) electrons. The van der Waals surface area contributed by atoms with Crippen molar-refractivity contribution < 1.29 is 9.59 Å². The quantitative estimate of drug-likeness (QED) is 0.703. The largest absolute Gasteiger partial charge is 0.293 e. The van der Waals surface area contributed by atoms with Crippen LogP contribution in [0.1, 0.15) is 32.3 Å². The average molecular weight is 235 g/mol. The molecule has 2 aliphatic heterocycles. The van der Waals surface area contributed by atoms with Crippen molar-refractivity contribution >= 4 is 17.4 Å². The summed E-state index contributed by atoms with van der Waals surface area (Å²) < 4.78 is 0. The van der Waals surface area contributed by atoms with E-state index in [9.17, 15) is 9.59 Å². The summed E-state index contributed by atoms with van der Waals surface area (Å²) in [4.78, 5) is 26.4. The fraction of sp³-hybridized carbons (Fsp3) is 0.0667. The van der Waals surface area contributed by atoms with Crippen LogP contribution in [0.2, 0.25) is 0 Å². The molecule has 4 rings (SSSR count). The maximum absolute atomic E-state index is 12.4. The van der Waals surface area contributed by atoms with Crippen molar-refractivity contribution in [2.45, 2.75) is 6.04 Å². The first-order chi connectivity index (χ1) is 8.79. The van der Waals surface area contributed by atoms with E-state index in [1.54, 1.807) is 17.0 Å². The molecule has 0 spiro atoms. The van der Waals surface area contributed by atoms with Gasteiger partial charge in [-0.25, -0.2) is 0 Å². The fourth-order valence-electron chi connectivity index (χ4n) is 2.86. The number of rotatable bonds is 0. The zero-order chi connectivity index (χ0) is 12.3. The number of anilines is 1. The highest BCUT2D eigenvalue weighted by Gasteiger charge is 2.47. The molecular formula is C15H9NO2. The number of nitrogens with zero attached hydrogens (tertiary/aromatic N) is 1. The number of carbonyl (C=O) groups excluding carboxylic acids is 2. The zero-order valence-electron chi connectivity index (χ0n) is 9.46. The van der Waals surface area contributed by atoms with Crippen LogP contribution < -0.4 is 4.90 Å². The minimum atomic E-state index is -0.453. The third kappa shape index (κ3) is 0.949. The van der Waals surface area contributed by atoms with Crippen molar-refractivity contribution in [1.29, 1.82) is 0 Å². The second-order valence-corrected chi connectivity index (χ2v) is 4.55. The van der Waals surface area contributed by atoms with Crippen LogP contribution in [0, 0.1) is 0 Å². The zero-order valence-corrected chi connectivity index (χ0v) is 9.46. The van der Waals surface area contributed by atoms with Crippen LogP contribution in [-0.4, -0.2) is 11.7 Å². The second-order valence-electron chi connectivity index (χ2n) is 4.55. The van der Waals surface area contributed by atoms with E-state index >= 15 is 0 Å². The topological polar surface area (TPSA) is 37.4 Å². The van der Waals surface area contributed by atoms with Gasteiger partial charge in [0.05, 0.1) is 5.69 Å². The minimum Gasteiger partial charge on any atom is -0.293 e. The van der Waals surface area contributed by atoms with Gasteiger partial charge >= 0.3 is 0 Å². The Morgan fingerprint density at radius 2 is 1.50 bits per heavy atom. The molecule has 0 aromatic heterocycles. The van der Waals surface area contributed by atoms with Crippen molar-refractivity contribution in [3.63, 3.8) is 0 Å². The lowest BCUT2D eigenvalue weighted by atomic mass is 9.99. The molecule has 0 bridgehead atoms. The molecule has 0 aliphatic carbocycles. The molecule has 0 saturated heterocycles. The fourth-order valence-corrected chi connectivity index (χ4v) is 2.86. The molecule has 0 N–H and O–H groups in total. The molecule has 2 heterocycles. The first kappa shape index (κ1) is 9.59. The van der Waals surface area contributed by atoms with Crippen molar-refractivity contribution in [2.75, 3.05) is 4.90 Å². The molecule has 3 heteroatoms. The number of amides is 1. The van der Waals surface area contributed by atoms with E-state index in [0.29, 0.717) is 11.1 Å². The first-order valence-electron chi connectivity index (χ1n) is 5.85. The lowest BCUT2D eigenvalue weighted by molar-refractivity contribution is 0.0934. The maximum Gasteiger partial charge on any atom is 0.259 e. The maximum atomic E-state index is 12.4. The normalized spacial score (nSPS) is 19.8. The molecule has 2 aromatic carbocycles. The summed E-state index contributed by atoms with van der Waals surface area (Å²) in [6, 6.07) is 14.2. The van der Waals surface area contributed by atoms with E-state index in [1.165, 1.54) is 0 Å². The molecule has 18 heavy (non-hydrogen) atoms. The van der Waals surface area contributed by atoms with Crippen LogP contribution in [0.3, 0.4) is 0 Å². The summed E-state index contributed by atoms with van der Waals surface area (Å²) in [5.41, 5.74) is 2.84. The van der Waals surface area contributed by atoms with Gasteiger partial charge in [-0.2, -0.15) is 0 Å². The number of para-hydroxylation sites is 1. The van der Waals surface area contributed by atoms with Crippen molar-refractivity contribution in [3.8, 4) is 0 Å². The summed E-state index contributed by atoms with van der Waals surface area (Å²) in [7, 11) is 0. The van der Waals surface area contributed by atoms with Crippen LogP contribution in [0.25, 0.3) is 0 Å². The Morgan fingerprint density at radius 1 is 0.833 bits per heavy atom. The van der Waals surface area contributed by atoms with Crippen molar-refractivity contribution in [3.05, 3.63) is 65.2 Å². The molecule has 1 amide bonds. The van der Waals surface area contributed by atoms with Crippen LogP contribution >= 0.6 is 0 Å². The number of benzene rings is 2. The van der Waals surface area contributed by atoms with E-state index < -0.39 is 6.04 Å². The molecule has 1 unspecified atom stereocenters. The molecule has 0 saturated carbocycles. The minimum absolute atomic E-state index is 0.0175. The van der Waals surface area contributed by atoms with Crippen molar-refractivity contribution in [1.82, 2.24) is 0 Å². The summed E-state index contributed by atoms with van der Waals surface area (Å²) in [6.45, 7) is 0. The molecule has 1 atom stereocenters. The predicted molar refractivity (Wildman–Crippen MR) is 66.8 cm³/mol. The average Bonchev–Trinajstić information content (AvgIpc) is 2.87. The molecular weight excluding hydrogens is 226 g/mol. The van der Waals surface area contributed by atoms with Gasteiger partial charge in [-0.3, -0.25) is 14.5 Å². The van der Waals surface area contributed by atoms with Crippen molar-refractivity contribution in [2.24, 2.45) is 0 Å². The smallest absolute Gasteiger partial charge is 0.259 e. The van der Waals surface area contributed by atoms with Crippen LogP contribution in [0.4, 0.5) is 5.69 Å². The highest BCUT2D eigenvalue weighted by molar-refractivity contribution is 6.25. The van der Waals surface area contributed by atoms with E-state index in [2.05, 4.69) is 0 Å². The van der Waals surface area contributed by atoms with Gasteiger partial charge in [0, 0.05) is 11.1 Å². The van der Waals surface area contributed by atoms with E-state index in [4.69, 9.17) is 0 Å². The lowest BCUT2D eigenvalue weighted by Gasteiger charge is -2.15. The molecule has 0 fully saturated rings. The van der Waals surface area contributed by atoms with Gasteiger partial charge < -0.3 is 0 Å². The molecule has 3 nitrogen and oxygen atoms in total. The second kappa shape index (κ2) is 3.07. The summed E-state index contributed by atoms with van der Waals surface area (Å²) >= 11 is 0. The van der Waals surface area contributed by atoms with E-state index in [0.717, 1.165) is 11.3 Å². The Balaban J connectivity index is 2.01. The molecule has 86 valence electrons. The summed E-state index contributed by atoms with van der Waals surface area (Å²) in [5.74, 6) is -0.0576. The van der Waals surface area contributed by atoms with Gasteiger partial charge in [0.2, 0.25) is 0 Å². The number of hydrogen-bond acceptors (Lipinski definition) is 2. The van der Waals surface area contributed by atoms with Gasteiger partial charge in [-0.15, -0.1) is 0 Å². The Kier molecular flexibility index (Phi) is 1.64. The predicted octanol–water partition coefficient (Wildman–Crippen LogP) is 2.58. The Labute approximate surface area is 104 Å². The summed E-state index contributed by atoms with van der Waals surface area (Å²) in [5, 5.41) is 0. The number of fused-ring (bicyclic) bond motifs is 5. The highest BCUT2D eigenvalue weighted by atomic mass is 16.2. The highest BCUT2D eigenvalue weighted by Crippen LogP contribution is 2.46.